The summed E-state index contributed by atoms with van der Waals surface area (Å²) in [6.45, 7) is 1.32. The smallest absolute Gasteiger partial charge is 0.252 e. The lowest BCUT2D eigenvalue weighted by molar-refractivity contribution is 0.0954. The summed E-state index contributed by atoms with van der Waals surface area (Å²) in [5, 5.41) is 6.15. The Morgan fingerprint density at radius 1 is 1.47 bits per heavy atom. The molecule has 0 saturated heterocycles. The minimum absolute atomic E-state index is 0.156. The predicted octanol–water partition coefficient (Wildman–Crippen LogP) is 2.05. The highest BCUT2D eigenvalue weighted by Crippen LogP contribution is 2.25. The lowest BCUT2D eigenvalue weighted by atomic mass is 10.2. The largest absolute Gasteiger partial charge is 0.351 e. The van der Waals surface area contributed by atoms with Gasteiger partial charge >= 0.3 is 0 Å². The third kappa shape index (κ3) is 3.48. The maximum Gasteiger partial charge on any atom is 0.252 e. The highest BCUT2D eigenvalue weighted by Gasteiger charge is 2.11. The molecule has 82 valence electrons. The van der Waals surface area contributed by atoms with Gasteiger partial charge < -0.3 is 10.6 Å². The summed E-state index contributed by atoms with van der Waals surface area (Å²) in [5.74, 6) is -0.156. The van der Waals surface area contributed by atoms with Crippen molar-refractivity contribution in [2.75, 3.05) is 20.1 Å². The third-order valence-corrected chi connectivity index (χ3v) is 3.15. The molecule has 1 aromatic rings. The summed E-state index contributed by atoms with van der Waals surface area (Å²) in [6, 6.07) is 5.28. The molecular weight excluding hydrogens is 279 g/mol. The van der Waals surface area contributed by atoms with Gasteiger partial charge in [0.25, 0.3) is 5.91 Å². The fourth-order valence-corrected chi connectivity index (χ4v) is 1.65. The Bertz CT molecular complexity index is 357. The van der Waals surface area contributed by atoms with Crippen LogP contribution in [0.3, 0.4) is 0 Å². The molecule has 0 saturated carbocycles. The molecule has 0 aliphatic rings. The number of carbonyl (C=O) groups is 1. The molecule has 0 radical (unpaired) electrons. The molecule has 0 aliphatic heterocycles. The van der Waals surface area contributed by atoms with Crippen LogP contribution in [0.1, 0.15) is 10.4 Å². The lowest BCUT2D eigenvalue weighted by Crippen LogP contribution is -2.30. The number of likely N-dealkylation sites (N-methyl/N-ethyl adjacent to an activating group) is 1. The Balaban J connectivity index is 2.69. The highest BCUT2D eigenvalue weighted by atomic mass is 79.9. The molecule has 0 aromatic heterocycles. The van der Waals surface area contributed by atoms with Crippen LogP contribution >= 0.6 is 27.5 Å². The van der Waals surface area contributed by atoms with Crippen LogP contribution in [-0.2, 0) is 0 Å². The number of rotatable bonds is 4. The van der Waals surface area contributed by atoms with Crippen LogP contribution in [0.5, 0.6) is 0 Å². The fraction of sp³-hybridized carbons (Fsp3) is 0.300. The van der Waals surface area contributed by atoms with Crippen molar-refractivity contribution in [2.24, 2.45) is 0 Å². The average Bonchev–Trinajstić information content (AvgIpc) is 2.22. The summed E-state index contributed by atoms with van der Waals surface area (Å²) < 4.78 is 0.727. The molecule has 1 aromatic carbocycles. The van der Waals surface area contributed by atoms with E-state index in [4.69, 9.17) is 11.6 Å². The fourth-order valence-electron chi connectivity index (χ4n) is 1.08. The number of carbonyl (C=O) groups excluding carboxylic acids is 1. The third-order valence-electron chi connectivity index (χ3n) is 1.86. The van der Waals surface area contributed by atoms with E-state index in [-0.39, 0.29) is 5.91 Å². The zero-order valence-electron chi connectivity index (χ0n) is 8.31. The van der Waals surface area contributed by atoms with E-state index in [9.17, 15) is 4.79 Å². The van der Waals surface area contributed by atoms with Crippen molar-refractivity contribution in [3.05, 3.63) is 33.3 Å². The van der Waals surface area contributed by atoms with E-state index >= 15 is 0 Å². The van der Waals surface area contributed by atoms with E-state index < -0.39 is 0 Å². The van der Waals surface area contributed by atoms with Gasteiger partial charge in [-0.3, -0.25) is 4.79 Å². The monoisotopic (exact) mass is 290 g/mol. The Kier molecular flexibility index (Phi) is 5.08. The van der Waals surface area contributed by atoms with Crippen LogP contribution < -0.4 is 10.6 Å². The maximum atomic E-state index is 11.6. The minimum atomic E-state index is -0.156. The summed E-state index contributed by atoms with van der Waals surface area (Å²) in [4.78, 5) is 11.6. The molecule has 0 spiro atoms. The topological polar surface area (TPSA) is 41.1 Å². The van der Waals surface area contributed by atoms with E-state index in [1.165, 1.54) is 0 Å². The standard InChI is InChI=1S/C10H12BrClN2O/c1-13-5-6-14-10(15)7-3-2-4-8(11)9(7)12/h2-4,13H,5-6H2,1H3,(H,14,15). The second kappa shape index (κ2) is 6.10. The van der Waals surface area contributed by atoms with Crippen LogP contribution in [-0.4, -0.2) is 26.0 Å². The second-order valence-corrected chi connectivity index (χ2v) is 4.19. The molecule has 0 bridgehead atoms. The van der Waals surface area contributed by atoms with Gasteiger partial charge in [0.05, 0.1) is 10.6 Å². The molecule has 15 heavy (non-hydrogen) atoms. The SMILES string of the molecule is CNCCNC(=O)c1cccc(Br)c1Cl. The maximum absolute atomic E-state index is 11.6. The minimum Gasteiger partial charge on any atom is -0.351 e. The molecule has 2 N–H and O–H groups in total. The summed E-state index contributed by atoms with van der Waals surface area (Å²) in [6.07, 6.45) is 0. The summed E-state index contributed by atoms with van der Waals surface area (Å²) in [7, 11) is 1.83. The first-order valence-corrected chi connectivity index (χ1v) is 5.70. The molecule has 1 rings (SSSR count). The van der Waals surface area contributed by atoms with Crippen molar-refractivity contribution in [1.82, 2.24) is 10.6 Å². The zero-order chi connectivity index (χ0) is 11.3. The first-order valence-electron chi connectivity index (χ1n) is 4.53. The van der Waals surface area contributed by atoms with E-state index in [1.807, 2.05) is 7.05 Å². The van der Waals surface area contributed by atoms with Gasteiger partial charge in [-0.15, -0.1) is 0 Å². The molecule has 0 aliphatic carbocycles. The Morgan fingerprint density at radius 3 is 2.87 bits per heavy atom. The van der Waals surface area contributed by atoms with Crippen LogP contribution in [0, 0.1) is 0 Å². The first kappa shape index (κ1) is 12.5. The molecular formula is C10H12BrClN2O. The van der Waals surface area contributed by atoms with Gasteiger partial charge in [-0.1, -0.05) is 17.7 Å². The van der Waals surface area contributed by atoms with Crippen molar-refractivity contribution in [3.63, 3.8) is 0 Å². The normalized spacial score (nSPS) is 10.1. The highest BCUT2D eigenvalue weighted by molar-refractivity contribution is 9.10. The van der Waals surface area contributed by atoms with Gasteiger partial charge in [-0.25, -0.2) is 0 Å². The van der Waals surface area contributed by atoms with Crippen molar-refractivity contribution < 1.29 is 4.79 Å². The average molecular weight is 292 g/mol. The summed E-state index contributed by atoms with van der Waals surface area (Å²) in [5.41, 5.74) is 0.488. The summed E-state index contributed by atoms with van der Waals surface area (Å²) >= 11 is 9.25. The number of hydrogen-bond acceptors (Lipinski definition) is 2. The van der Waals surface area contributed by atoms with Gasteiger partial charge in [0.1, 0.15) is 0 Å². The van der Waals surface area contributed by atoms with Crippen molar-refractivity contribution >= 4 is 33.4 Å². The Labute approximate surface area is 102 Å². The second-order valence-electron chi connectivity index (χ2n) is 2.96. The number of benzene rings is 1. The van der Waals surface area contributed by atoms with Crippen molar-refractivity contribution in [2.45, 2.75) is 0 Å². The van der Waals surface area contributed by atoms with Gasteiger partial charge in [0, 0.05) is 17.6 Å². The van der Waals surface area contributed by atoms with Gasteiger partial charge in [0.15, 0.2) is 0 Å². The molecule has 5 heteroatoms. The molecule has 0 atom stereocenters. The Hall–Kier alpha value is -0.580. The molecule has 1 amide bonds. The van der Waals surface area contributed by atoms with E-state index in [1.54, 1.807) is 18.2 Å². The molecule has 0 unspecified atom stereocenters. The number of hydrogen-bond donors (Lipinski definition) is 2. The molecule has 0 heterocycles. The first-order chi connectivity index (χ1) is 7.16. The lowest BCUT2D eigenvalue weighted by Gasteiger charge is -2.07. The Morgan fingerprint density at radius 2 is 2.20 bits per heavy atom. The van der Waals surface area contributed by atoms with Crippen molar-refractivity contribution in [3.8, 4) is 0 Å². The van der Waals surface area contributed by atoms with Gasteiger partial charge in [0.2, 0.25) is 0 Å². The van der Waals surface area contributed by atoms with Gasteiger partial charge in [-0.05, 0) is 35.1 Å². The van der Waals surface area contributed by atoms with Crippen molar-refractivity contribution in [1.29, 1.82) is 0 Å². The molecule has 3 nitrogen and oxygen atoms in total. The molecule has 0 fully saturated rings. The van der Waals surface area contributed by atoms with Gasteiger partial charge in [-0.2, -0.15) is 0 Å². The van der Waals surface area contributed by atoms with Crippen LogP contribution in [0.15, 0.2) is 22.7 Å². The number of amides is 1. The quantitative estimate of drug-likeness (QED) is 0.834. The van der Waals surface area contributed by atoms with Crippen LogP contribution in [0.25, 0.3) is 0 Å². The van der Waals surface area contributed by atoms with E-state index in [0.717, 1.165) is 11.0 Å². The van der Waals surface area contributed by atoms with E-state index in [2.05, 4.69) is 26.6 Å². The number of halogens is 2. The van der Waals surface area contributed by atoms with E-state index in [0.29, 0.717) is 17.1 Å². The van der Waals surface area contributed by atoms with Crippen LogP contribution in [0.2, 0.25) is 5.02 Å². The zero-order valence-corrected chi connectivity index (χ0v) is 10.7. The number of nitrogens with one attached hydrogen (secondary N) is 2. The van der Waals surface area contributed by atoms with Crippen LogP contribution in [0.4, 0.5) is 0 Å². The predicted molar refractivity (Wildman–Crippen MR) is 65.4 cm³/mol.